The molecule has 3 aliphatic rings. The summed E-state index contributed by atoms with van der Waals surface area (Å²) in [5, 5.41) is 3.77. The maximum Gasteiger partial charge on any atom is 0.0654 e. The summed E-state index contributed by atoms with van der Waals surface area (Å²) in [6, 6.07) is 0.383. The van der Waals surface area contributed by atoms with E-state index < -0.39 is 0 Å². The fourth-order valence-electron chi connectivity index (χ4n) is 4.17. The second-order valence-electron chi connectivity index (χ2n) is 9.77. The van der Waals surface area contributed by atoms with Crippen molar-refractivity contribution in [3.05, 3.63) is 96.1 Å². The quantitative estimate of drug-likeness (QED) is 0.449. The molecule has 1 aliphatic carbocycles. The van der Waals surface area contributed by atoms with Crippen LogP contribution in [0, 0.1) is 5.41 Å². The first-order valence-electron chi connectivity index (χ1n) is 12.0. The number of hydrogen-bond acceptors (Lipinski definition) is 2. The van der Waals surface area contributed by atoms with Gasteiger partial charge in [-0.1, -0.05) is 91.3 Å². The minimum Gasteiger partial charge on any atom is -0.381 e. The molecule has 0 aromatic rings. The average Bonchev–Trinajstić information content (AvgIpc) is 2.74. The van der Waals surface area contributed by atoms with E-state index in [2.05, 4.69) is 116 Å². The lowest BCUT2D eigenvalue weighted by atomic mass is 9.81. The highest BCUT2D eigenvalue weighted by Crippen LogP contribution is 2.40. The summed E-state index contributed by atoms with van der Waals surface area (Å²) in [6.45, 7) is 30.9. The van der Waals surface area contributed by atoms with Gasteiger partial charge in [0, 0.05) is 12.7 Å². The highest BCUT2D eigenvalue weighted by atomic mass is 15.2. The molecule has 2 aliphatic heterocycles. The topological polar surface area (TPSA) is 15.3 Å². The molecule has 0 aromatic carbocycles. The maximum atomic E-state index is 4.31. The van der Waals surface area contributed by atoms with Crippen LogP contribution in [0.4, 0.5) is 0 Å². The van der Waals surface area contributed by atoms with Crippen LogP contribution in [0.1, 0.15) is 74.1 Å². The van der Waals surface area contributed by atoms with E-state index in [0.29, 0.717) is 6.04 Å². The number of nitrogens with one attached hydrogen (secondary N) is 1. The molecule has 1 fully saturated rings. The van der Waals surface area contributed by atoms with Gasteiger partial charge in [0.1, 0.15) is 0 Å². The van der Waals surface area contributed by atoms with Gasteiger partial charge in [-0.25, -0.2) is 0 Å². The van der Waals surface area contributed by atoms with E-state index in [1.807, 2.05) is 0 Å². The van der Waals surface area contributed by atoms with Crippen molar-refractivity contribution in [2.75, 3.05) is 6.54 Å². The number of nitrogens with zero attached hydrogens (tertiary/aromatic N) is 1. The van der Waals surface area contributed by atoms with Gasteiger partial charge in [0.2, 0.25) is 0 Å². The van der Waals surface area contributed by atoms with Crippen molar-refractivity contribution in [3.63, 3.8) is 0 Å². The third kappa shape index (κ3) is 6.76. The lowest BCUT2D eigenvalue weighted by Gasteiger charge is -2.48. The molecule has 3 rings (SSSR count). The minimum atomic E-state index is 0.160. The van der Waals surface area contributed by atoms with E-state index in [4.69, 9.17) is 0 Å². The fraction of sp³-hybridized carbons (Fsp3) is 0.467. The molecule has 32 heavy (non-hydrogen) atoms. The summed E-state index contributed by atoms with van der Waals surface area (Å²) in [5.41, 5.74) is 8.83. The van der Waals surface area contributed by atoms with Crippen LogP contribution < -0.4 is 5.32 Å². The molecule has 0 bridgehead atoms. The summed E-state index contributed by atoms with van der Waals surface area (Å²) in [4.78, 5) is 2.46. The largest absolute Gasteiger partial charge is 0.381 e. The van der Waals surface area contributed by atoms with Gasteiger partial charge in [0.25, 0.3) is 0 Å². The van der Waals surface area contributed by atoms with Crippen LogP contribution in [0.15, 0.2) is 96.1 Å². The Morgan fingerprint density at radius 2 is 1.81 bits per heavy atom. The molecule has 0 saturated carbocycles. The normalized spacial score (nSPS) is 22.1. The molecule has 2 nitrogen and oxygen atoms in total. The summed E-state index contributed by atoms with van der Waals surface area (Å²) >= 11 is 0. The van der Waals surface area contributed by atoms with Crippen LogP contribution >= 0.6 is 0 Å². The van der Waals surface area contributed by atoms with Crippen LogP contribution in [0.25, 0.3) is 0 Å². The van der Waals surface area contributed by atoms with Crippen molar-refractivity contribution in [1.82, 2.24) is 10.2 Å². The lowest BCUT2D eigenvalue weighted by molar-refractivity contribution is 0.160. The molecule has 0 amide bonds. The van der Waals surface area contributed by atoms with Gasteiger partial charge in [-0.15, -0.1) is 13.2 Å². The van der Waals surface area contributed by atoms with E-state index >= 15 is 0 Å². The molecule has 0 radical (unpaired) electrons. The molecule has 1 atom stereocenters. The van der Waals surface area contributed by atoms with Gasteiger partial charge in [-0.2, -0.15) is 0 Å². The van der Waals surface area contributed by atoms with Gasteiger partial charge >= 0.3 is 0 Å². The average molecular weight is 435 g/mol. The van der Waals surface area contributed by atoms with Gasteiger partial charge in [-0.05, 0) is 53.5 Å². The molecule has 1 unspecified atom stereocenters. The van der Waals surface area contributed by atoms with Gasteiger partial charge in [-0.3, -0.25) is 0 Å². The van der Waals surface area contributed by atoms with E-state index in [1.165, 1.54) is 41.8 Å². The van der Waals surface area contributed by atoms with Gasteiger partial charge < -0.3 is 10.2 Å². The zero-order chi connectivity index (χ0) is 24.5. The SMILES string of the molecule is C=C.C=C(C)C1=CN2C(=CC1=C)/C(=C1\C=CC=C(CCC)C1)NCC2C(C)(C)C.CCC. The van der Waals surface area contributed by atoms with Crippen molar-refractivity contribution in [2.24, 2.45) is 5.41 Å². The van der Waals surface area contributed by atoms with Crippen LogP contribution in [0.2, 0.25) is 0 Å². The van der Waals surface area contributed by atoms with Crippen LogP contribution in [0.5, 0.6) is 0 Å². The Hall–Kier alpha value is -2.48. The second-order valence-corrected chi connectivity index (χ2v) is 9.77. The molecular weight excluding hydrogens is 388 g/mol. The van der Waals surface area contributed by atoms with Crippen molar-refractivity contribution in [1.29, 1.82) is 0 Å². The molecular formula is C30H46N2. The van der Waals surface area contributed by atoms with Crippen molar-refractivity contribution in [2.45, 2.75) is 80.2 Å². The highest BCUT2D eigenvalue weighted by molar-refractivity contribution is 5.58. The van der Waals surface area contributed by atoms with Crippen molar-refractivity contribution < 1.29 is 0 Å². The van der Waals surface area contributed by atoms with Crippen molar-refractivity contribution in [3.8, 4) is 0 Å². The smallest absolute Gasteiger partial charge is 0.0654 e. The molecule has 2 heteroatoms. The van der Waals surface area contributed by atoms with Gasteiger partial charge in [0.15, 0.2) is 0 Å². The number of allylic oxidation sites excluding steroid dienone is 9. The maximum absolute atomic E-state index is 4.31. The third-order valence-corrected chi connectivity index (χ3v) is 5.67. The standard InChI is InChI=1S/C25H34N2.C3H8.C2H4/c1-8-10-19-11-9-12-20(14-19)24-22-13-18(4)21(17(2)3)16-27(22)23(15-26-24)25(5,6)7;1-3-2;1-2/h9,11-13,16,23,26H,2,4,8,10,14-15H2,1,3,5-7H3;3H2,1-2H3;1-2H2/b24-20-;;. The molecule has 1 saturated heterocycles. The third-order valence-electron chi connectivity index (χ3n) is 5.67. The first kappa shape index (κ1) is 27.6. The predicted molar refractivity (Wildman–Crippen MR) is 144 cm³/mol. The molecule has 2 heterocycles. The zero-order valence-electron chi connectivity index (χ0n) is 21.8. The highest BCUT2D eigenvalue weighted by Gasteiger charge is 2.38. The summed E-state index contributed by atoms with van der Waals surface area (Å²) < 4.78 is 0. The van der Waals surface area contributed by atoms with E-state index in [9.17, 15) is 0 Å². The number of piperazine rings is 1. The first-order chi connectivity index (χ1) is 15.1. The lowest BCUT2D eigenvalue weighted by Crippen LogP contribution is -2.53. The van der Waals surface area contributed by atoms with Crippen molar-refractivity contribution >= 4 is 0 Å². The Kier molecular flexibility index (Phi) is 10.8. The van der Waals surface area contributed by atoms with Crippen LogP contribution in [0.3, 0.4) is 0 Å². The Balaban J connectivity index is 0.000000944. The Morgan fingerprint density at radius 1 is 1.19 bits per heavy atom. The second kappa shape index (κ2) is 12.5. The molecule has 0 spiro atoms. The monoisotopic (exact) mass is 434 g/mol. The summed E-state index contributed by atoms with van der Waals surface area (Å²) in [5.74, 6) is 0. The molecule has 0 aromatic heterocycles. The Labute approximate surface area is 198 Å². The van der Waals surface area contributed by atoms with E-state index in [1.54, 1.807) is 0 Å². The van der Waals surface area contributed by atoms with E-state index in [0.717, 1.165) is 29.7 Å². The van der Waals surface area contributed by atoms with Crippen LogP contribution in [-0.2, 0) is 0 Å². The first-order valence-corrected chi connectivity index (χ1v) is 12.0. The summed E-state index contributed by atoms with van der Waals surface area (Å²) in [7, 11) is 0. The summed E-state index contributed by atoms with van der Waals surface area (Å²) in [6.07, 6.45) is 15.9. The Bertz CT molecular complexity index is 837. The zero-order valence-corrected chi connectivity index (χ0v) is 21.8. The number of hydrogen-bond donors (Lipinski definition) is 1. The number of fused-ring (bicyclic) bond motifs is 1. The molecule has 1 N–H and O–H groups in total. The Morgan fingerprint density at radius 3 is 2.34 bits per heavy atom. The van der Waals surface area contributed by atoms with E-state index in [-0.39, 0.29) is 5.41 Å². The molecule has 176 valence electrons. The van der Waals surface area contributed by atoms with Gasteiger partial charge in [0.05, 0.1) is 17.4 Å². The predicted octanol–water partition coefficient (Wildman–Crippen LogP) is 8.38. The number of rotatable bonds is 3. The van der Waals surface area contributed by atoms with Crippen LogP contribution in [-0.4, -0.2) is 17.5 Å². The minimum absolute atomic E-state index is 0.160. The fourth-order valence-corrected chi connectivity index (χ4v) is 4.17.